The van der Waals surface area contributed by atoms with E-state index in [9.17, 15) is 19.5 Å². The smallest absolute Gasteiger partial charge is 0.419 e. The molecular formula is C33H34N2O6. The van der Waals surface area contributed by atoms with E-state index in [1.807, 2.05) is 73.7 Å². The molecule has 0 saturated heterocycles. The van der Waals surface area contributed by atoms with Gasteiger partial charge in [-0.05, 0) is 66.6 Å². The lowest BCUT2D eigenvalue weighted by molar-refractivity contribution is -0.139. The molecule has 0 bridgehead atoms. The number of benzene rings is 3. The minimum atomic E-state index is -1.27. The van der Waals surface area contributed by atoms with Crippen LogP contribution in [-0.2, 0) is 27.1 Å². The van der Waals surface area contributed by atoms with E-state index in [0.29, 0.717) is 16.5 Å². The van der Waals surface area contributed by atoms with E-state index in [4.69, 9.17) is 9.47 Å². The Morgan fingerprint density at radius 1 is 0.976 bits per heavy atom. The molecule has 1 atom stereocenters. The fourth-order valence-corrected chi connectivity index (χ4v) is 5.39. The van der Waals surface area contributed by atoms with Crippen molar-refractivity contribution in [2.24, 2.45) is 0 Å². The third-order valence-electron chi connectivity index (χ3n) is 7.31. The van der Waals surface area contributed by atoms with Crippen molar-refractivity contribution < 1.29 is 29.0 Å². The fraction of sp³-hybridized carbons (Fsp3) is 0.303. The van der Waals surface area contributed by atoms with Gasteiger partial charge in [-0.3, -0.25) is 4.57 Å². The largest absolute Gasteiger partial charge is 0.480 e. The number of carboxylic acid groups (broad SMARTS) is 1. The fourth-order valence-electron chi connectivity index (χ4n) is 5.39. The van der Waals surface area contributed by atoms with Crippen molar-refractivity contribution in [3.63, 3.8) is 0 Å². The molecule has 0 unspecified atom stereocenters. The number of aromatic nitrogens is 1. The normalized spacial score (nSPS) is 13.4. The molecule has 0 radical (unpaired) electrons. The number of aliphatic carboxylic acids is 1. The summed E-state index contributed by atoms with van der Waals surface area (Å²) in [7, 11) is 0. The molecular weight excluding hydrogens is 520 g/mol. The molecule has 2 N–H and O–H groups in total. The number of hydrogen-bond donors (Lipinski definition) is 2. The maximum Gasteiger partial charge on any atom is 0.419 e. The molecule has 1 heterocycles. The average Bonchev–Trinajstić information content (AvgIpc) is 3.46. The summed E-state index contributed by atoms with van der Waals surface area (Å²) in [5.41, 5.74) is 5.89. The number of fused-ring (bicyclic) bond motifs is 4. The summed E-state index contributed by atoms with van der Waals surface area (Å²) >= 11 is 0. The summed E-state index contributed by atoms with van der Waals surface area (Å²) in [5, 5.41) is 13.2. The van der Waals surface area contributed by atoms with Gasteiger partial charge < -0.3 is 19.9 Å². The van der Waals surface area contributed by atoms with E-state index in [-0.39, 0.29) is 18.9 Å². The molecule has 41 heavy (non-hydrogen) atoms. The molecule has 212 valence electrons. The predicted molar refractivity (Wildman–Crippen MR) is 156 cm³/mol. The Balaban J connectivity index is 1.34. The zero-order chi connectivity index (χ0) is 29.3. The van der Waals surface area contributed by atoms with Crippen molar-refractivity contribution in [2.45, 2.75) is 58.1 Å². The van der Waals surface area contributed by atoms with E-state index in [2.05, 4.69) is 5.32 Å². The average molecular weight is 555 g/mol. The highest BCUT2D eigenvalue weighted by atomic mass is 16.6. The van der Waals surface area contributed by atoms with Gasteiger partial charge in [0.1, 0.15) is 18.2 Å². The summed E-state index contributed by atoms with van der Waals surface area (Å²) in [5.74, 6) is -1.35. The third kappa shape index (κ3) is 5.82. The Morgan fingerprint density at radius 2 is 1.61 bits per heavy atom. The van der Waals surface area contributed by atoms with Gasteiger partial charge in [0.05, 0.1) is 5.52 Å². The van der Waals surface area contributed by atoms with Crippen LogP contribution in [0.4, 0.5) is 9.59 Å². The number of amides is 1. The molecule has 3 aromatic carbocycles. The number of alkyl carbamates (subject to hydrolysis) is 1. The van der Waals surface area contributed by atoms with Crippen molar-refractivity contribution in [1.82, 2.24) is 9.88 Å². The minimum absolute atomic E-state index is 0.0443. The number of nitrogens with one attached hydrogen (secondary N) is 1. The van der Waals surface area contributed by atoms with Crippen LogP contribution in [0.15, 0.2) is 72.9 Å². The summed E-state index contributed by atoms with van der Waals surface area (Å²) in [4.78, 5) is 38.1. The monoisotopic (exact) mass is 554 g/mol. The van der Waals surface area contributed by atoms with E-state index >= 15 is 0 Å². The lowest BCUT2D eigenvalue weighted by atomic mass is 9.98. The van der Waals surface area contributed by atoms with Crippen molar-refractivity contribution in [3.05, 3.63) is 95.2 Å². The number of carbonyl (C=O) groups excluding carboxylic acids is 2. The van der Waals surface area contributed by atoms with Gasteiger partial charge in [0.2, 0.25) is 0 Å². The number of hydrogen-bond acceptors (Lipinski definition) is 5. The maximum atomic E-state index is 13.0. The van der Waals surface area contributed by atoms with Gasteiger partial charge in [0, 0.05) is 23.9 Å². The number of nitrogens with zero attached hydrogens (tertiary/aromatic N) is 1. The van der Waals surface area contributed by atoms with Crippen LogP contribution in [0.5, 0.6) is 0 Å². The first-order chi connectivity index (χ1) is 19.6. The number of ether oxygens (including phenoxy) is 2. The number of carbonyl (C=O) groups is 3. The highest BCUT2D eigenvalue weighted by Gasteiger charge is 2.30. The van der Waals surface area contributed by atoms with Crippen molar-refractivity contribution in [1.29, 1.82) is 0 Å². The highest BCUT2D eigenvalue weighted by Crippen LogP contribution is 2.44. The van der Waals surface area contributed by atoms with Crippen LogP contribution in [0.2, 0.25) is 0 Å². The van der Waals surface area contributed by atoms with Crippen LogP contribution in [0.25, 0.3) is 22.0 Å². The van der Waals surface area contributed by atoms with Crippen molar-refractivity contribution in [3.8, 4) is 11.1 Å². The standard InChI is InChI=1S/C33H34N2O6/c1-5-20-14-15-22-21(18-35(29(22)16-20)32(39)41-33(2,3)4)17-28(30(36)37)34-31(38)40-19-27-25-12-8-6-10-23(25)24-11-7-9-13-26(24)27/h6-16,18,27-28H,5,17,19H2,1-4H3,(H,34,38)(H,36,37)/t28-/m0/s1. The summed E-state index contributed by atoms with van der Waals surface area (Å²) in [6, 6.07) is 20.4. The second-order valence-corrected chi connectivity index (χ2v) is 11.3. The zero-order valence-electron chi connectivity index (χ0n) is 23.6. The van der Waals surface area contributed by atoms with E-state index < -0.39 is 29.8 Å². The Morgan fingerprint density at radius 3 is 2.20 bits per heavy atom. The van der Waals surface area contributed by atoms with Crippen LogP contribution >= 0.6 is 0 Å². The molecule has 0 aliphatic heterocycles. The third-order valence-corrected chi connectivity index (χ3v) is 7.31. The second-order valence-electron chi connectivity index (χ2n) is 11.3. The minimum Gasteiger partial charge on any atom is -0.480 e. The van der Waals surface area contributed by atoms with E-state index in [1.54, 1.807) is 27.0 Å². The molecule has 0 fully saturated rings. The molecule has 8 nitrogen and oxygen atoms in total. The van der Waals surface area contributed by atoms with Gasteiger partial charge >= 0.3 is 18.2 Å². The lowest BCUT2D eigenvalue weighted by Crippen LogP contribution is -2.42. The maximum absolute atomic E-state index is 13.0. The molecule has 8 heteroatoms. The first-order valence-electron chi connectivity index (χ1n) is 13.8. The summed E-state index contributed by atoms with van der Waals surface area (Å²) in [6.07, 6.45) is 0.943. The SMILES string of the molecule is CCc1ccc2c(C[C@H](NC(=O)OCC3c4ccccc4-c4ccccc43)C(=O)O)cn(C(=O)OC(C)(C)C)c2c1. The predicted octanol–water partition coefficient (Wildman–Crippen LogP) is 6.52. The van der Waals surface area contributed by atoms with Gasteiger partial charge in [-0.2, -0.15) is 0 Å². The zero-order valence-corrected chi connectivity index (χ0v) is 23.6. The first-order valence-corrected chi connectivity index (χ1v) is 13.8. The highest BCUT2D eigenvalue weighted by molar-refractivity contribution is 5.93. The number of rotatable bonds is 7. The van der Waals surface area contributed by atoms with Crippen molar-refractivity contribution in [2.75, 3.05) is 6.61 Å². The Kier molecular flexibility index (Phi) is 7.58. The molecule has 0 saturated carbocycles. The quantitative estimate of drug-likeness (QED) is 0.269. The number of aryl methyl sites for hydroxylation is 1. The second kappa shape index (κ2) is 11.1. The lowest BCUT2D eigenvalue weighted by Gasteiger charge is -2.19. The van der Waals surface area contributed by atoms with Gasteiger partial charge in [0.15, 0.2) is 0 Å². The van der Waals surface area contributed by atoms with Crippen LogP contribution in [0, 0.1) is 0 Å². The van der Waals surface area contributed by atoms with Gasteiger partial charge in [-0.25, -0.2) is 14.4 Å². The van der Waals surface area contributed by atoms with Crippen molar-refractivity contribution >= 4 is 29.1 Å². The first kappa shape index (κ1) is 28.0. The van der Waals surface area contributed by atoms with Gasteiger partial charge in [0.25, 0.3) is 0 Å². The Bertz CT molecular complexity index is 1580. The Labute approximate surface area is 238 Å². The number of carboxylic acids is 1. The molecule has 4 aromatic rings. The molecule has 1 aromatic heterocycles. The summed E-state index contributed by atoms with van der Waals surface area (Å²) in [6.45, 7) is 7.45. The van der Waals surface area contributed by atoms with Crippen LogP contribution < -0.4 is 5.32 Å². The summed E-state index contributed by atoms with van der Waals surface area (Å²) < 4.78 is 12.6. The topological polar surface area (TPSA) is 107 Å². The van der Waals surface area contributed by atoms with E-state index in [0.717, 1.165) is 34.2 Å². The van der Waals surface area contributed by atoms with Crippen LogP contribution in [0.3, 0.4) is 0 Å². The molecule has 1 aliphatic rings. The van der Waals surface area contributed by atoms with Crippen LogP contribution in [0.1, 0.15) is 55.9 Å². The molecule has 5 rings (SSSR count). The van der Waals surface area contributed by atoms with Gasteiger partial charge in [-0.1, -0.05) is 67.6 Å². The Hall–Kier alpha value is -4.59. The molecule has 1 amide bonds. The van der Waals surface area contributed by atoms with Crippen LogP contribution in [-0.4, -0.2) is 46.1 Å². The van der Waals surface area contributed by atoms with E-state index in [1.165, 1.54) is 4.57 Å². The van der Waals surface area contributed by atoms with Gasteiger partial charge in [-0.15, -0.1) is 0 Å². The molecule has 0 spiro atoms. The molecule has 1 aliphatic carbocycles.